The van der Waals surface area contributed by atoms with Crippen molar-refractivity contribution < 1.29 is 14.3 Å². The van der Waals surface area contributed by atoms with Crippen molar-refractivity contribution >= 4 is 23.6 Å². The molecule has 33 heavy (non-hydrogen) atoms. The van der Waals surface area contributed by atoms with Crippen LogP contribution in [0.25, 0.3) is 0 Å². The molecule has 1 unspecified atom stereocenters. The van der Waals surface area contributed by atoms with Crippen molar-refractivity contribution in [3.8, 4) is 5.75 Å². The highest BCUT2D eigenvalue weighted by Crippen LogP contribution is 2.38. The Morgan fingerprint density at radius 2 is 1.73 bits per heavy atom. The Labute approximate surface area is 199 Å². The van der Waals surface area contributed by atoms with Crippen LogP contribution in [0.5, 0.6) is 5.75 Å². The second-order valence-electron chi connectivity index (χ2n) is 7.87. The number of carbonyl (C=O) groups excluding carboxylic acids is 2. The molecule has 3 aromatic carbocycles. The third-order valence-corrected chi connectivity index (χ3v) is 6.85. The van der Waals surface area contributed by atoms with Gasteiger partial charge in [-0.3, -0.25) is 9.59 Å². The first-order chi connectivity index (χ1) is 16.1. The van der Waals surface area contributed by atoms with E-state index in [1.54, 1.807) is 11.8 Å². The van der Waals surface area contributed by atoms with Crippen molar-refractivity contribution in [3.63, 3.8) is 0 Å². The highest BCUT2D eigenvalue weighted by molar-refractivity contribution is 8.00. The van der Waals surface area contributed by atoms with Gasteiger partial charge in [0, 0.05) is 18.7 Å². The Morgan fingerprint density at radius 3 is 2.42 bits per heavy atom. The zero-order chi connectivity index (χ0) is 23.0. The second-order valence-corrected chi connectivity index (χ2v) is 8.94. The van der Waals surface area contributed by atoms with Crippen molar-refractivity contribution in [2.24, 2.45) is 0 Å². The van der Waals surface area contributed by atoms with Crippen molar-refractivity contribution in [1.29, 1.82) is 0 Å². The maximum Gasteiger partial charge on any atom is 0.251 e. The topological polar surface area (TPSA) is 58.6 Å². The monoisotopic (exact) mass is 460 g/mol. The van der Waals surface area contributed by atoms with Gasteiger partial charge in [0.1, 0.15) is 11.1 Å². The smallest absolute Gasteiger partial charge is 0.251 e. The summed E-state index contributed by atoms with van der Waals surface area (Å²) in [7, 11) is 0. The molecule has 0 saturated carbocycles. The number of rotatable bonds is 9. The van der Waals surface area contributed by atoms with Crippen LogP contribution in [-0.2, 0) is 17.8 Å². The SMILES string of the molecule is CCOc1ccc(CNC(=O)c2ccc(C3SCC(=O)N3CCc3ccccc3)cc2)cc1. The molecule has 5 nitrogen and oxygen atoms in total. The van der Waals surface area contributed by atoms with E-state index in [9.17, 15) is 9.59 Å². The molecule has 0 radical (unpaired) electrons. The first-order valence-corrected chi connectivity index (χ1v) is 12.2. The minimum absolute atomic E-state index is 0.0119. The van der Waals surface area contributed by atoms with Crippen LogP contribution >= 0.6 is 11.8 Å². The summed E-state index contributed by atoms with van der Waals surface area (Å²) in [6.45, 7) is 3.72. The molecule has 1 aliphatic rings. The van der Waals surface area contributed by atoms with Gasteiger partial charge in [0.25, 0.3) is 5.91 Å². The molecular formula is C27H28N2O3S. The molecule has 6 heteroatoms. The predicted octanol–water partition coefficient (Wildman–Crippen LogP) is 4.83. The molecule has 0 aliphatic carbocycles. The Balaban J connectivity index is 1.34. The van der Waals surface area contributed by atoms with Gasteiger partial charge in [-0.25, -0.2) is 0 Å². The quantitative estimate of drug-likeness (QED) is 0.497. The van der Waals surface area contributed by atoms with Gasteiger partial charge in [-0.2, -0.15) is 0 Å². The minimum Gasteiger partial charge on any atom is -0.494 e. The molecule has 1 fully saturated rings. The fourth-order valence-electron chi connectivity index (χ4n) is 3.82. The van der Waals surface area contributed by atoms with Crippen LogP contribution in [0.15, 0.2) is 78.9 Å². The largest absolute Gasteiger partial charge is 0.494 e. The van der Waals surface area contributed by atoms with Crippen molar-refractivity contribution in [1.82, 2.24) is 10.2 Å². The van der Waals surface area contributed by atoms with Gasteiger partial charge in [0.15, 0.2) is 0 Å². The normalized spacial score (nSPS) is 15.5. The molecule has 0 aromatic heterocycles. The first-order valence-electron chi connectivity index (χ1n) is 11.2. The molecule has 4 rings (SSSR count). The summed E-state index contributed by atoms with van der Waals surface area (Å²) in [5.74, 6) is 1.36. The van der Waals surface area contributed by atoms with Crippen LogP contribution in [0.1, 0.15) is 39.3 Å². The maximum atomic E-state index is 12.6. The predicted molar refractivity (Wildman–Crippen MR) is 132 cm³/mol. The van der Waals surface area contributed by atoms with E-state index in [0.717, 1.165) is 23.3 Å². The van der Waals surface area contributed by atoms with Crippen molar-refractivity contribution in [2.45, 2.75) is 25.3 Å². The average molecular weight is 461 g/mol. The van der Waals surface area contributed by atoms with Crippen LogP contribution in [0.4, 0.5) is 0 Å². The number of amides is 2. The molecule has 3 aromatic rings. The molecule has 1 aliphatic heterocycles. The van der Waals surface area contributed by atoms with Gasteiger partial charge in [-0.05, 0) is 54.3 Å². The first kappa shape index (κ1) is 22.9. The van der Waals surface area contributed by atoms with E-state index in [1.807, 2.05) is 78.6 Å². The highest BCUT2D eigenvalue weighted by atomic mass is 32.2. The summed E-state index contributed by atoms with van der Waals surface area (Å²) in [4.78, 5) is 27.0. The lowest BCUT2D eigenvalue weighted by Gasteiger charge is -2.24. The third kappa shape index (κ3) is 5.96. The number of ether oxygens (including phenoxy) is 1. The standard InChI is InChI=1S/C27H28N2O3S/c1-2-32-24-14-8-21(9-15-24)18-28-26(31)22-10-12-23(13-11-22)27-29(25(30)19-33-27)17-16-20-6-4-3-5-7-20/h3-15,27H,2,16-19H2,1H3,(H,28,31). The van der Waals surface area contributed by atoms with Gasteiger partial charge in [0.2, 0.25) is 5.91 Å². The van der Waals surface area contributed by atoms with Crippen molar-refractivity contribution in [2.75, 3.05) is 18.9 Å². The van der Waals surface area contributed by atoms with Crippen molar-refractivity contribution in [3.05, 3.63) is 101 Å². The number of nitrogens with one attached hydrogen (secondary N) is 1. The zero-order valence-electron chi connectivity index (χ0n) is 18.7. The van der Waals surface area contributed by atoms with E-state index in [2.05, 4.69) is 17.4 Å². The molecule has 1 N–H and O–H groups in total. The summed E-state index contributed by atoms with van der Waals surface area (Å²) >= 11 is 1.64. The maximum absolute atomic E-state index is 12.6. The number of hydrogen-bond acceptors (Lipinski definition) is 4. The summed E-state index contributed by atoms with van der Waals surface area (Å²) in [5, 5.41) is 2.95. The molecule has 1 atom stereocenters. The summed E-state index contributed by atoms with van der Waals surface area (Å²) in [6, 6.07) is 25.5. The highest BCUT2D eigenvalue weighted by Gasteiger charge is 2.32. The zero-order valence-corrected chi connectivity index (χ0v) is 19.5. The average Bonchev–Trinajstić information content (AvgIpc) is 3.23. The number of hydrogen-bond donors (Lipinski definition) is 1. The van der Waals surface area contributed by atoms with Gasteiger partial charge >= 0.3 is 0 Å². The van der Waals surface area contributed by atoms with Crippen LogP contribution in [0.3, 0.4) is 0 Å². The van der Waals surface area contributed by atoms with Crippen LogP contribution < -0.4 is 10.1 Å². The lowest BCUT2D eigenvalue weighted by Crippen LogP contribution is -2.30. The Morgan fingerprint density at radius 1 is 1.00 bits per heavy atom. The van der Waals surface area contributed by atoms with Gasteiger partial charge in [0.05, 0.1) is 12.4 Å². The molecule has 170 valence electrons. The van der Waals surface area contributed by atoms with Crippen LogP contribution in [-0.4, -0.2) is 35.6 Å². The lowest BCUT2D eigenvalue weighted by molar-refractivity contribution is -0.128. The number of benzene rings is 3. The van der Waals surface area contributed by atoms with E-state index >= 15 is 0 Å². The Hall–Kier alpha value is -3.25. The number of carbonyl (C=O) groups is 2. The molecule has 2 amide bonds. The fourth-order valence-corrected chi connectivity index (χ4v) is 5.04. The van der Waals surface area contributed by atoms with Crippen LogP contribution in [0, 0.1) is 0 Å². The molecule has 1 saturated heterocycles. The third-order valence-electron chi connectivity index (χ3n) is 5.60. The van der Waals surface area contributed by atoms with Gasteiger partial charge in [-0.15, -0.1) is 11.8 Å². The lowest BCUT2D eigenvalue weighted by atomic mass is 10.1. The van der Waals surface area contributed by atoms with E-state index in [4.69, 9.17) is 4.74 Å². The number of thioether (sulfide) groups is 1. The fraction of sp³-hybridized carbons (Fsp3) is 0.259. The second kappa shape index (κ2) is 11.1. The minimum atomic E-state index is -0.119. The Kier molecular flexibility index (Phi) is 7.68. The molecular weight excluding hydrogens is 432 g/mol. The summed E-state index contributed by atoms with van der Waals surface area (Å²) in [5.41, 5.74) is 3.88. The van der Waals surface area contributed by atoms with E-state index in [-0.39, 0.29) is 17.2 Å². The van der Waals surface area contributed by atoms with Gasteiger partial charge in [-0.1, -0.05) is 54.6 Å². The molecule has 0 bridgehead atoms. The molecule has 1 heterocycles. The Bertz CT molecular complexity index is 1070. The van der Waals surface area contributed by atoms with E-state index in [0.29, 0.717) is 31.0 Å². The van der Waals surface area contributed by atoms with E-state index < -0.39 is 0 Å². The number of nitrogens with zero attached hydrogens (tertiary/aromatic N) is 1. The molecule has 0 spiro atoms. The summed E-state index contributed by atoms with van der Waals surface area (Å²) in [6.07, 6.45) is 0.829. The van der Waals surface area contributed by atoms with E-state index in [1.165, 1.54) is 5.56 Å². The van der Waals surface area contributed by atoms with Crippen LogP contribution in [0.2, 0.25) is 0 Å². The summed E-state index contributed by atoms with van der Waals surface area (Å²) < 4.78 is 5.45. The van der Waals surface area contributed by atoms with Gasteiger partial charge < -0.3 is 15.0 Å².